The molecule has 7 heteroatoms. The first-order valence-electron chi connectivity index (χ1n) is 8.21. The molecule has 2 heterocycles. The Morgan fingerprint density at radius 2 is 1.89 bits per heavy atom. The van der Waals surface area contributed by atoms with Gasteiger partial charge in [-0.25, -0.2) is 0 Å². The van der Waals surface area contributed by atoms with E-state index in [-0.39, 0.29) is 5.91 Å². The molecule has 2 aromatic carbocycles. The maximum absolute atomic E-state index is 12.6. The fourth-order valence-corrected chi connectivity index (χ4v) is 3.59. The summed E-state index contributed by atoms with van der Waals surface area (Å²) in [6.07, 6.45) is 5.37. The number of benzene rings is 2. The number of carbonyl (C=O) groups excluding carboxylic acids is 1. The van der Waals surface area contributed by atoms with Crippen LogP contribution in [0.3, 0.4) is 0 Å². The molecule has 5 nitrogen and oxygen atoms in total. The first-order chi connectivity index (χ1) is 13.1. The molecule has 0 spiro atoms. The van der Waals surface area contributed by atoms with Crippen LogP contribution in [0.15, 0.2) is 76.1 Å². The lowest BCUT2D eigenvalue weighted by molar-refractivity contribution is 0.102. The summed E-state index contributed by atoms with van der Waals surface area (Å²) in [5.41, 5.74) is 3.09. The predicted molar refractivity (Wildman–Crippen MR) is 113 cm³/mol. The van der Waals surface area contributed by atoms with Crippen LogP contribution in [0.4, 0.5) is 5.69 Å². The minimum atomic E-state index is -0.169. The summed E-state index contributed by atoms with van der Waals surface area (Å²) < 4.78 is 3.71. The van der Waals surface area contributed by atoms with Gasteiger partial charge in [-0.2, -0.15) is 5.10 Å². The highest BCUT2D eigenvalue weighted by Crippen LogP contribution is 2.28. The van der Waals surface area contributed by atoms with Crippen LogP contribution < -0.4 is 5.32 Å². The normalized spacial score (nSPS) is 10.9. The number of anilines is 1. The Kier molecular flexibility index (Phi) is 5.05. The smallest absolute Gasteiger partial charge is 0.255 e. The molecule has 0 fully saturated rings. The van der Waals surface area contributed by atoms with E-state index in [0.29, 0.717) is 17.8 Å². The van der Waals surface area contributed by atoms with E-state index >= 15 is 0 Å². The minimum absolute atomic E-state index is 0.169. The summed E-state index contributed by atoms with van der Waals surface area (Å²) in [4.78, 5) is 17.0. The van der Waals surface area contributed by atoms with Gasteiger partial charge in [-0.3, -0.25) is 14.5 Å². The molecule has 0 aliphatic rings. The molecule has 0 saturated carbocycles. The standard InChI is InChI=1S/C20H14Br2N4O/c21-15-10-24-26(12-15)11-13-3-5-14(6-4-13)20(27)25-18-8-7-17(22)16-2-1-9-23-19(16)18/h1-10,12H,11H2,(H,25,27). The van der Waals surface area contributed by atoms with Gasteiger partial charge in [-0.1, -0.05) is 34.1 Å². The zero-order valence-electron chi connectivity index (χ0n) is 14.1. The van der Waals surface area contributed by atoms with Crippen molar-refractivity contribution in [3.05, 3.63) is 87.2 Å². The summed E-state index contributed by atoms with van der Waals surface area (Å²) in [5.74, 6) is -0.169. The zero-order chi connectivity index (χ0) is 18.8. The Bertz CT molecular complexity index is 1120. The third-order valence-electron chi connectivity index (χ3n) is 4.13. The highest BCUT2D eigenvalue weighted by atomic mass is 79.9. The molecule has 0 radical (unpaired) electrons. The summed E-state index contributed by atoms with van der Waals surface area (Å²) in [6.45, 7) is 0.648. The number of carbonyl (C=O) groups is 1. The molecule has 0 saturated heterocycles. The SMILES string of the molecule is O=C(Nc1ccc(Br)c2cccnc12)c1ccc(Cn2cc(Br)cn2)cc1. The van der Waals surface area contributed by atoms with Crippen molar-refractivity contribution in [3.8, 4) is 0 Å². The highest BCUT2D eigenvalue weighted by Gasteiger charge is 2.11. The second-order valence-corrected chi connectivity index (χ2v) is 7.77. The molecular formula is C20H14Br2N4O. The quantitative estimate of drug-likeness (QED) is 0.429. The second kappa shape index (κ2) is 7.62. The van der Waals surface area contributed by atoms with Crippen LogP contribution in [0.2, 0.25) is 0 Å². The lowest BCUT2D eigenvalue weighted by Crippen LogP contribution is -2.12. The van der Waals surface area contributed by atoms with E-state index in [2.05, 4.69) is 47.3 Å². The van der Waals surface area contributed by atoms with Gasteiger partial charge in [0.2, 0.25) is 0 Å². The van der Waals surface area contributed by atoms with Crippen LogP contribution in [0.1, 0.15) is 15.9 Å². The van der Waals surface area contributed by atoms with Crippen LogP contribution >= 0.6 is 31.9 Å². The summed E-state index contributed by atoms with van der Waals surface area (Å²) in [7, 11) is 0. The van der Waals surface area contributed by atoms with E-state index in [0.717, 1.165) is 25.4 Å². The maximum Gasteiger partial charge on any atom is 0.255 e. The number of halogens is 2. The second-order valence-electron chi connectivity index (χ2n) is 6.00. The van der Waals surface area contributed by atoms with Crippen molar-refractivity contribution in [2.45, 2.75) is 6.54 Å². The summed E-state index contributed by atoms with van der Waals surface area (Å²) in [6, 6.07) is 15.1. The molecule has 0 aliphatic carbocycles. The van der Waals surface area contributed by atoms with E-state index in [1.807, 2.05) is 59.4 Å². The van der Waals surface area contributed by atoms with Crippen LogP contribution in [-0.4, -0.2) is 20.7 Å². The van der Waals surface area contributed by atoms with Crippen molar-refractivity contribution < 1.29 is 4.79 Å². The van der Waals surface area contributed by atoms with Crippen LogP contribution in [-0.2, 0) is 6.54 Å². The monoisotopic (exact) mass is 484 g/mol. The average molecular weight is 486 g/mol. The topological polar surface area (TPSA) is 59.8 Å². The average Bonchev–Trinajstić information content (AvgIpc) is 3.09. The molecule has 0 aliphatic heterocycles. The molecule has 1 N–H and O–H groups in total. The highest BCUT2D eigenvalue weighted by molar-refractivity contribution is 9.11. The van der Waals surface area contributed by atoms with Crippen molar-refractivity contribution in [2.24, 2.45) is 0 Å². The van der Waals surface area contributed by atoms with Crippen molar-refractivity contribution in [1.29, 1.82) is 0 Å². The number of nitrogens with zero attached hydrogens (tertiary/aromatic N) is 3. The molecule has 0 bridgehead atoms. The molecule has 2 aromatic heterocycles. The Morgan fingerprint density at radius 1 is 1.07 bits per heavy atom. The Labute approximate surface area is 172 Å². The van der Waals surface area contributed by atoms with E-state index in [1.54, 1.807) is 12.4 Å². The van der Waals surface area contributed by atoms with E-state index < -0.39 is 0 Å². The number of aromatic nitrogens is 3. The van der Waals surface area contributed by atoms with Crippen LogP contribution in [0, 0.1) is 0 Å². The van der Waals surface area contributed by atoms with Gasteiger partial charge in [0.15, 0.2) is 0 Å². The zero-order valence-corrected chi connectivity index (χ0v) is 17.2. The predicted octanol–water partition coefficient (Wildman–Crippen LogP) is 5.26. The lowest BCUT2D eigenvalue weighted by atomic mass is 10.1. The van der Waals surface area contributed by atoms with Crippen molar-refractivity contribution in [1.82, 2.24) is 14.8 Å². The fourth-order valence-electron chi connectivity index (χ4n) is 2.81. The van der Waals surface area contributed by atoms with Gasteiger partial charge < -0.3 is 5.32 Å². The fraction of sp³-hybridized carbons (Fsp3) is 0.0500. The van der Waals surface area contributed by atoms with Crippen LogP contribution in [0.25, 0.3) is 10.9 Å². The molecule has 27 heavy (non-hydrogen) atoms. The molecule has 4 aromatic rings. The van der Waals surface area contributed by atoms with Gasteiger partial charge in [0.25, 0.3) is 5.91 Å². The Balaban J connectivity index is 1.53. The Morgan fingerprint density at radius 3 is 2.63 bits per heavy atom. The van der Waals surface area contributed by atoms with Gasteiger partial charge in [-0.05, 0) is 51.8 Å². The molecular weight excluding hydrogens is 472 g/mol. The molecule has 134 valence electrons. The molecule has 4 rings (SSSR count). The third-order valence-corrected chi connectivity index (χ3v) is 5.23. The van der Waals surface area contributed by atoms with Crippen molar-refractivity contribution >= 4 is 54.4 Å². The number of hydrogen-bond donors (Lipinski definition) is 1. The van der Waals surface area contributed by atoms with Gasteiger partial charge in [-0.15, -0.1) is 0 Å². The number of fused-ring (bicyclic) bond motifs is 1. The number of amides is 1. The number of pyridine rings is 1. The molecule has 0 atom stereocenters. The van der Waals surface area contributed by atoms with Gasteiger partial charge in [0.1, 0.15) is 0 Å². The molecule has 1 amide bonds. The Hall–Kier alpha value is -2.51. The number of hydrogen-bond acceptors (Lipinski definition) is 3. The first kappa shape index (κ1) is 17.9. The van der Waals surface area contributed by atoms with Crippen LogP contribution in [0.5, 0.6) is 0 Å². The maximum atomic E-state index is 12.6. The minimum Gasteiger partial charge on any atom is -0.320 e. The van der Waals surface area contributed by atoms with Gasteiger partial charge in [0.05, 0.1) is 28.4 Å². The number of rotatable bonds is 4. The lowest BCUT2D eigenvalue weighted by Gasteiger charge is -2.10. The van der Waals surface area contributed by atoms with Gasteiger partial charge >= 0.3 is 0 Å². The van der Waals surface area contributed by atoms with E-state index in [4.69, 9.17) is 0 Å². The third kappa shape index (κ3) is 3.94. The van der Waals surface area contributed by atoms with E-state index in [1.165, 1.54) is 0 Å². The largest absolute Gasteiger partial charge is 0.320 e. The summed E-state index contributed by atoms with van der Waals surface area (Å²) >= 11 is 6.90. The number of nitrogens with one attached hydrogen (secondary N) is 1. The van der Waals surface area contributed by atoms with Gasteiger partial charge in [0, 0.05) is 27.8 Å². The molecule has 0 unspecified atom stereocenters. The first-order valence-corrected chi connectivity index (χ1v) is 9.80. The summed E-state index contributed by atoms with van der Waals surface area (Å²) in [5, 5.41) is 8.15. The van der Waals surface area contributed by atoms with Crippen molar-refractivity contribution in [2.75, 3.05) is 5.32 Å². The van der Waals surface area contributed by atoms with E-state index in [9.17, 15) is 4.79 Å². The van der Waals surface area contributed by atoms with Crippen molar-refractivity contribution in [3.63, 3.8) is 0 Å².